The van der Waals surface area contributed by atoms with Gasteiger partial charge in [-0.05, 0) is 70.1 Å². The number of carbonyl (C=O) groups is 1. The van der Waals surface area contributed by atoms with Gasteiger partial charge < -0.3 is 5.32 Å². The van der Waals surface area contributed by atoms with Crippen molar-refractivity contribution in [1.82, 2.24) is 10.8 Å². The molecule has 0 radical (unpaired) electrons. The monoisotopic (exact) mass is 398 g/mol. The Bertz CT molecular complexity index is 1030. The van der Waals surface area contributed by atoms with Gasteiger partial charge in [-0.25, -0.2) is 5.48 Å². The average molecular weight is 399 g/mol. The first kappa shape index (κ1) is 18.2. The summed E-state index contributed by atoms with van der Waals surface area (Å²) in [7, 11) is 0. The lowest BCUT2D eigenvalue weighted by Crippen LogP contribution is -2.18. The van der Waals surface area contributed by atoms with Crippen LogP contribution in [0.4, 0.5) is 0 Å². The zero-order valence-corrected chi connectivity index (χ0v) is 16.1. The van der Waals surface area contributed by atoms with Crippen LogP contribution in [0.25, 0.3) is 16.2 Å². The highest BCUT2D eigenvalue weighted by molar-refractivity contribution is 7.17. The van der Waals surface area contributed by atoms with Crippen molar-refractivity contribution in [2.75, 3.05) is 0 Å². The number of aryl methyl sites for hydroxylation is 1. The maximum Gasteiger partial charge on any atom is 0.267 e. The van der Waals surface area contributed by atoms with Gasteiger partial charge in [-0.2, -0.15) is 0 Å². The first-order valence-corrected chi connectivity index (χ1v) is 10.0. The number of rotatable bonds is 5. The van der Waals surface area contributed by atoms with Crippen molar-refractivity contribution in [2.45, 2.75) is 25.4 Å². The zero-order valence-electron chi connectivity index (χ0n) is 14.5. The first-order chi connectivity index (χ1) is 13.1. The van der Waals surface area contributed by atoms with Crippen molar-refractivity contribution in [2.24, 2.45) is 0 Å². The average Bonchev–Trinajstić information content (AvgIpc) is 3.27. The number of halogens is 1. The molecule has 1 aliphatic carbocycles. The molecule has 0 spiro atoms. The molecule has 0 fully saturated rings. The van der Waals surface area contributed by atoms with Crippen LogP contribution in [0.3, 0.4) is 0 Å². The van der Waals surface area contributed by atoms with E-state index in [4.69, 9.17) is 16.8 Å². The number of carbonyl (C=O) groups excluding carboxylic acids is 1. The van der Waals surface area contributed by atoms with E-state index in [0.29, 0.717) is 6.04 Å². The Hall–Kier alpha value is -2.18. The van der Waals surface area contributed by atoms with Gasteiger partial charge in [0.1, 0.15) is 0 Å². The van der Waals surface area contributed by atoms with E-state index in [-0.39, 0.29) is 0 Å². The van der Waals surface area contributed by atoms with E-state index in [1.54, 1.807) is 22.9 Å². The van der Waals surface area contributed by atoms with Gasteiger partial charge in [0.2, 0.25) is 0 Å². The molecule has 0 aliphatic heterocycles. The Morgan fingerprint density at radius 1 is 1.30 bits per heavy atom. The summed E-state index contributed by atoms with van der Waals surface area (Å²) in [6, 6.07) is 12.6. The molecule has 2 aromatic carbocycles. The Morgan fingerprint density at radius 2 is 2.19 bits per heavy atom. The van der Waals surface area contributed by atoms with Gasteiger partial charge in [0.25, 0.3) is 5.91 Å². The minimum atomic E-state index is -0.530. The fourth-order valence-corrected chi connectivity index (χ4v) is 4.70. The van der Waals surface area contributed by atoms with Crippen molar-refractivity contribution < 1.29 is 10.0 Å². The normalized spacial score (nSPS) is 16.1. The highest BCUT2D eigenvalue weighted by Gasteiger charge is 2.22. The van der Waals surface area contributed by atoms with E-state index >= 15 is 0 Å². The van der Waals surface area contributed by atoms with Crippen LogP contribution >= 0.6 is 22.9 Å². The molecule has 3 N–H and O–H groups in total. The minimum absolute atomic E-state index is 0.327. The lowest BCUT2D eigenvalue weighted by atomic mass is 10.0. The fourth-order valence-electron chi connectivity index (χ4n) is 3.59. The third kappa shape index (κ3) is 3.92. The van der Waals surface area contributed by atoms with Crippen molar-refractivity contribution in [1.29, 1.82) is 0 Å². The second kappa shape index (κ2) is 7.82. The van der Waals surface area contributed by atoms with Crippen molar-refractivity contribution in [3.05, 3.63) is 75.1 Å². The molecule has 4 nitrogen and oxygen atoms in total. The van der Waals surface area contributed by atoms with Gasteiger partial charge in [-0.3, -0.25) is 10.0 Å². The van der Waals surface area contributed by atoms with Gasteiger partial charge in [0.15, 0.2) is 0 Å². The van der Waals surface area contributed by atoms with E-state index in [1.807, 2.05) is 18.2 Å². The molecule has 1 heterocycles. The van der Waals surface area contributed by atoms with Gasteiger partial charge >= 0.3 is 0 Å². The van der Waals surface area contributed by atoms with Crippen LogP contribution in [-0.4, -0.2) is 11.1 Å². The van der Waals surface area contributed by atoms with Crippen LogP contribution in [-0.2, 0) is 17.8 Å². The molecule has 0 saturated carbocycles. The predicted molar refractivity (Wildman–Crippen MR) is 110 cm³/mol. The van der Waals surface area contributed by atoms with E-state index in [1.165, 1.54) is 32.9 Å². The number of nitrogens with one attached hydrogen (secondary N) is 2. The van der Waals surface area contributed by atoms with Gasteiger partial charge in [-0.1, -0.05) is 29.8 Å². The van der Waals surface area contributed by atoms with E-state index in [2.05, 4.69) is 28.9 Å². The van der Waals surface area contributed by atoms with Crippen LogP contribution < -0.4 is 10.8 Å². The maximum atomic E-state index is 11.1. The van der Waals surface area contributed by atoms with Crippen LogP contribution in [0.2, 0.25) is 5.02 Å². The summed E-state index contributed by atoms with van der Waals surface area (Å²) in [6.45, 7) is 0.808. The molecular weight excluding hydrogens is 380 g/mol. The number of fused-ring (bicyclic) bond motifs is 2. The molecule has 1 amide bonds. The summed E-state index contributed by atoms with van der Waals surface area (Å²) in [5.41, 5.74) is 6.45. The number of hydroxylamine groups is 1. The third-order valence-electron chi connectivity index (χ3n) is 4.94. The molecule has 27 heavy (non-hydrogen) atoms. The molecule has 0 bridgehead atoms. The SMILES string of the molecule is O=C(C=Cc1ccc2c(c1)CCC2NCc1csc2ccc(Cl)cc12)NO. The number of amides is 1. The Labute approximate surface area is 166 Å². The summed E-state index contributed by atoms with van der Waals surface area (Å²) in [6.07, 6.45) is 5.09. The predicted octanol–water partition coefficient (Wildman–Crippen LogP) is 4.85. The summed E-state index contributed by atoms with van der Waals surface area (Å²) in [4.78, 5) is 11.1. The van der Waals surface area contributed by atoms with Gasteiger partial charge in [0.05, 0.1) is 0 Å². The highest BCUT2D eigenvalue weighted by Crippen LogP contribution is 2.34. The number of benzene rings is 2. The summed E-state index contributed by atoms with van der Waals surface area (Å²) in [5, 5.41) is 16.4. The summed E-state index contributed by atoms with van der Waals surface area (Å²) < 4.78 is 1.26. The second-order valence-electron chi connectivity index (χ2n) is 6.64. The molecule has 1 atom stereocenters. The van der Waals surface area contributed by atoms with E-state index < -0.39 is 5.91 Å². The largest absolute Gasteiger partial charge is 0.306 e. The number of thiophene rings is 1. The zero-order chi connectivity index (χ0) is 18.8. The molecule has 6 heteroatoms. The number of hydrogen-bond donors (Lipinski definition) is 3. The quantitative estimate of drug-likeness (QED) is 0.327. The lowest BCUT2D eigenvalue weighted by molar-refractivity contribution is -0.124. The van der Waals surface area contributed by atoms with Crippen LogP contribution in [0.5, 0.6) is 0 Å². The molecule has 138 valence electrons. The molecule has 1 aromatic heterocycles. The minimum Gasteiger partial charge on any atom is -0.306 e. The van der Waals surface area contributed by atoms with Gasteiger partial charge in [-0.15, -0.1) is 11.3 Å². The molecule has 1 unspecified atom stereocenters. The smallest absolute Gasteiger partial charge is 0.267 e. The van der Waals surface area contributed by atoms with Crippen LogP contribution in [0, 0.1) is 0 Å². The fraction of sp³-hybridized carbons (Fsp3) is 0.190. The summed E-state index contributed by atoms with van der Waals surface area (Å²) in [5.74, 6) is -0.530. The highest BCUT2D eigenvalue weighted by atomic mass is 35.5. The van der Waals surface area contributed by atoms with Crippen LogP contribution in [0.1, 0.15) is 34.7 Å². The van der Waals surface area contributed by atoms with Crippen molar-refractivity contribution >= 4 is 45.0 Å². The molecular formula is C21H19ClN2O2S. The molecule has 1 aliphatic rings. The van der Waals surface area contributed by atoms with E-state index in [0.717, 1.165) is 30.0 Å². The summed E-state index contributed by atoms with van der Waals surface area (Å²) >= 11 is 7.90. The Morgan fingerprint density at radius 3 is 3.04 bits per heavy atom. The van der Waals surface area contributed by atoms with E-state index in [9.17, 15) is 4.79 Å². The molecule has 4 rings (SSSR count). The van der Waals surface area contributed by atoms with Crippen LogP contribution in [0.15, 0.2) is 47.9 Å². The maximum absolute atomic E-state index is 11.1. The Balaban J connectivity index is 1.47. The van der Waals surface area contributed by atoms with Gasteiger partial charge in [0, 0.05) is 28.4 Å². The first-order valence-electron chi connectivity index (χ1n) is 8.78. The third-order valence-corrected chi connectivity index (χ3v) is 6.18. The van der Waals surface area contributed by atoms with Crippen molar-refractivity contribution in [3.8, 4) is 0 Å². The second-order valence-corrected chi connectivity index (χ2v) is 7.99. The molecule has 0 saturated heterocycles. The standard InChI is InChI=1S/C21H19ClN2O2S/c22-16-4-7-20-18(10-16)15(12-27-20)11-23-19-6-3-14-9-13(1-5-17(14)19)2-8-21(25)24-26/h1-2,4-5,7-10,12,19,23,26H,3,6,11H2,(H,24,25). The number of hydrogen-bond acceptors (Lipinski definition) is 4. The lowest BCUT2D eigenvalue weighted by Gasteiger charge is -2.14. The molecule has 3 aromatic rings. The Kier molecular flexibility index (Phi) is 5.27. The topological polar surface area (TPSA) is 61.4 Å². The van der Waals surface area contributed by atoms with Crippen molar-refractivity contribution in [3.63, 3.8) is 0 Å².